The second-order valence-electron chi connectivity index (χ2n) is 4.68. The molecule has 1 rings (SSSR count). The molecule has 116 valence electrons. The van der Waals surface area contributed by atoms with Gasteiger partial charge in [0, 0.05) is 10.7 Å². The van der Waals surface area contributed by atoms with Crippen LogP contribution in [-0.2, 0) is 25.8 Å². The number of amides is 1. The summed E-state index contributed by atoms with van der Waals surface area (Å²) in [6, 6.07) is 5.84. The molecule has 1 aromatic rings. The monoisotopic (exact) mass is 377 g/mol. The molecule has 0 aromatic heterocycles. The lowest BCUT2D eigenvalue weighted by Crippen LogP contribution is -2.42. The molecule has 1 unspecified atom stereocenters. The van der Waals surface area contributed by atoms with Gasteiger partial charge in [0.2, 0.25) is 5.91 Å². The zero-order valence-corrected chi connectivity index (χ0v) is 13.8. The highest BCUT2D eigenvalue weighted by molar-refractivity contribution is 9.10. The zero-order valence-electron chi connectivity index (χ0n) is 11.4. The average molecular weight is 378 g/mol. The molecular weight excluding hydrogens is 362 g/mol. The van der Waals surface area contributed by atoms with Gasteiger partial charge in [-0.25, -0.2) is 13.2 Å². The van der Waals surface area contributed by atoms with Crippen molar-refractivity contribution in [3.8, 4) is 0 Å². The molecule has 0 radical (unpaired) electrons. The quantitative estimate of drug-likeness (QED) is 0.737. The number of aliphatic carboxylic acids is 1. The fourth-order valence-corrected chi connectivity index (χ4v) is 2.55. The smallest absolute Gasteiger partial charge is 0.326 e. The maximum atomic E-state index is 11.8. The minimum Gasteiger partial charge on any atom is -0.480 e. The molecule has 1 amide bonds. The normalized spacial score (nSPS) is 12.7. The first-order valence-corrected chi connectivity index (χ1v) is 8.97. The van der Waals surface area contributed by atoms with Gasteiger partial charge in [-0.15, -0.1) is 0 Å². The van der Waals surface area contributed by atoms with E-state index >= 15 is 0 Å². The maximum Gasteiger partial charge on any atom is 0.326 e. The summed E-state index contributed by atoms with van der Waals surface area (Å²) in [5.41, 5.74) is 0.739. The molecular formula is C13H16BrNO5S. The highest BCUT2D eigenvalue weighted by Crippen LogP contribution is 2.11. The number of benzene rings is 1. The van der Waals surface area contributed by atoms with Crippen molar-refractivity contribution < 1.29 is 23.1 Å². The van der Waals surface area contributed by atoms with E-state index < -0.39 is 27.8 Å². The Bertz CT molecular complexity index is 612. The van der Waals surface area contributed by atoms with Crippen LogP contribution in [-0.4, -0.2) is 43.5 Å². The Morgan fingerprint density at radius 3 is 2.33 bits per heavy atom. The van der Waals surface area contributed by atoms with Gasteiger partial charge in [-0.2, -0.15) is 0 Å². The van der Waals surface area contributed by atoms with E-state index in [0.717, 1.165) is 16.3 Å². The molecule has 6 nitrogen and oxygen atoms in total. The van der Waals surface area contributed by atoms with E-state index in [4.69, 9.17) is 5.11 Å². The third-order valence-corrected chi connectivity index (χ3v) is 4.19. The van der Waals surface area contributed by atoms with Crippen LogP contribution in [0.2, 0.25) is 0 Å². The molecule has 1 atom stereocenters. The first-order valence-electron chi connectivity index (χ1n) is 6.12. The van der Waals surface area contributed by atoms with Crippen molar-refractivity contribution >= 4 is 37.6 Å². The molecule has 0 aliphatic carbocycles. The van der Waals surface area contributed by atoms with Crippen LogP contribution in [0.15, 0.2) is 28.7 Å². The SMILES string of the molecule is CS(=O)(=O)CCC(NC(=O)Cc1ccc(Br)cc1)C(=O)O. The number of hydrogen-bond donors (Lipinski definition) is 2. The predicted octanol–water partition coefficient (Wildman–Crippen LogP) is 0.996. The van der Waals surface area contributed by atoms with Crippen LogP contribution in [0.4, 0.5) is 0 Å². The molecule has 0 bridgehead atoms. The number of nitrogens with one attached hydrogen (secondary N) is 1. The van der Waals surface area contributed by atoms with E-state index in [-0.39, 0.29) is 18.6 Å². The zero-order chi connectivity index (χ0) is 16.0. The molecule has 0 aliphatic rings. The van der Waals surface area contributed by atoms with Crippen LogP contribution < -0.4 is 5.32 Å². The maximum absolute atomic E-state index is 11.8. The van der Waals surface area contributed by atoms with Crippen LogP contribution in [0.3, 0.4) is 0 Å². The Balaban J connectivity index is 2.60. The first-order chi connectivity index (χ1) is 9.67. The third-order valence-electron chi connectivity index (χ3n) is 2.69. The Morgan fingerprint density at radius 2 is 1.86 bits per heavy atom. The van der Waals surface area contributed by atoms with Gasteiger partial charge in [0.25, 0.3) is 0 Å². The third kappa shape index (κ3) is 7.24. The van der Waals surface area contributed by atoms with Crippen molar-refractivity contribution in [1.82, 2.24) is 5.32 Å². The summed E-state index contributed by atoms with van der Waals surface area (Å²) in [4.78, 5) is 22.8. The summed E-state index contributed by atoms with van der Waals surface area (Å²) in [6.45, 7) is 0. The second kappa shape index (κ2) is 7.56. The Hall–Kier alpha value is -1.41. The van der Waals surface area contributed by atoms with Gasteiger partial charge in [0.1, 0.15) is 15.9 Å². The summed E-state index contributed by atoms with van der Waals surface area (Å²) < 4.78 is 23.0. The molecule has 8 heteroatoms. The minimum atomic E-state index is -3.27. The van der Waals surface area contributed by atoms with Crippen molar-refractivity contribution in [3.63, 3.8) is 0 Å². The van der Waals surface area contributed by atoms with Gasteiger partial charge in [0.15, 0.2) is 0 Å². The molecule has 0 fully saturated rings. The van der Waals surface area contributed by atoms with Gasteiger partial charge >= 0.3 is 5.97 Å². The lowest BCUT2D eigenvalue weighted by molar-refractivity contribution is -0.141. The van der Waals surface area contributed by atoms with Crippen molar-refractivity contribution in [2.45, 2.75) is 18.9 Å². The second-order valence-corrected chi connectivity index (χ2v) is 7.86. The van der Waals surface area contributed by atoms with Crippen LogP contribution in [0.1, 0.15) is 12.0 Å². The molecule has 2 N–H and O–H groups in total. The molecule has 21 heavy (non-hydrogen) atoms. The van der Waals surface area contributed by atoms with Crippen LogP contribution >= 0.6 is 15.9 Å². The van der Waals surface area contributed by atoms with Gasteiger partial charge in [-0.3, -0.25) is 4.79 Å². The van der Waals surface area contributed by atoms with Crippen molar-refractivity contribution in [1.29, 1.82) is 0 Å². The number of hydrogen-bond acceptors (Lipinski definition) is 4. The summed E-state index contributed by atoms with van der Waals surface area (Å²) in [5, 5.41) is 11.3. The van der Waals surface area contributed by atoms with E-state index in [0.29, 0.717) is 0 Å². The van der Waals surface area contributed by atoms with Crippen LogP contribution in [0.25, 0.3) is 0 Å². The summed E-state index contributed by atoms with van der Waals surface area (Å²) in [7, 11) is -3.27. The molecule has 1 aromatic carbocycles. The van der Waals surface area contributed by atoms with E-state index in [9.17, 15) is 18.0 Å². The minimum absolute atomic E-state index is 0.0376. The number of carbonyl (C=O) groups excluding carboxylic acids is 1. The van der Waals surface area contributed by atoms with E-state index in [1.165, 1.54) is 0 Å². The highest BCUT2D eigenvalue weighted by atomic mass is 79.9. The fourth-order valence-electron chi connectivity index (χ4n) is 1.62. The largest absolute Gasteiger partial charge is 0.480 e. The first kappa shape index (κ1) is 17.6. The molecule has 0 aliphatic heterocycles. The molecule has 0 saturated carbocycles. The number of sulfone groups is 1. The topological polar surface area (TPSA) is 101 Å². The lowest BCUT2D eigenvalue weighted by Gasteiger charge is -2.14. The van der Waals surface area contributed by atoms with Gasteiger partial charge in [-0.05, 0) is 24.1 Å². The average Bonchev–Trinajstić information content (AvgIpc) is 2.36. The van der Waals surface area contributed by atoms with Crippen molar-refractivity contribution in [2.24, 2.45) is 0 Å². The Labute approximate surface area is 131 Å². The Kier molecular flexibility index (Phi) is 6.35. The molecule has 0 heterocycles. The van der Waals surface area contributed by atoms with Crippen LogP contribution in [0.5, 0.6) is 0 Å². The molecule has 0 saturated heterocycles. The van der Waals surface area contributed by atoms with Crippen LogP contribution in [0, 0.1) is 0 Å². The Morgan fingerprint density at radius 1 is 1.29 bits per heavy atom. The van der Waals surface area contributed by atoms with Crippen molar-refractivity contribution in [3.05, 3.63) is 34.3 Å². The van der Waals surface area contributed by atoms with Gasteiger partial charge in [-0.1, -0.05) is 28.1 Å². The lowest BCUT2D eigenvalue weighted by atomic mass is 10.1. The molecule has 0 spiro atoms. The standard InChI is InChI=1S/C13H16BrNO5S/c1-21(19,20)7-6-11(13(17)18)15-12(16)8-9-2-4-10(14)5-3-9/h2-5,11H,6-8H2,1H3,(H,15,16)(H,17,18). The number of carboxylic acid groups (broad SMARTS) is 1. The van der Waals surface area contributed by atoms with E-state index in [1.807, 2.05) is 0 Å². The van der Waals surface area contributed by atoms with Gasteiger partial charge in [0.05, 0.1) is 12.2 Å². The predicted molar refractivity (Wildman–Crippen MR) is 81.7 cm³/mol. The van der Waals surface area contributed by atoms with E-state index in [1.54, 1.807) is 24.3 Å². The summed E-state index contributed by atoms with van der Waals surface area (Å²) in [6.07, 6.45) is 0.908. The number of carboxylic acids is 1. The number of rotatable bonds is 7. The van der Waals surface area contributed by atoms with Crippen molar-refractivity contribution in [2.75, 3.05) is 12.0 Å². The van der Waals surface area contributed by atoms with Gasteiger partial charge < -0.3 is 10.4 Å². The summed E-state index contributed by atoms with van der Waals surface area (Å²) >= 11 is 3.27. The highest BCUT2D eigenvalue weighted by Gasteiger charge is 2.21. The number of halogens is 1. The summed E-state index contributed by atoms with van der Waals surface area (Å²) in [5.74, 6) is -2.00. The number of carbonyl (C=O) groups is 2. The fraction of sp³-hybridized carbons (Fsp3) is 0.385. The van der Waals surface area contributed by atoms with E-state index in [2.05, 4.69) is 21.2 Å².